The first-order valence-electron chi connectivity index (χ1n) is 4.93. The Balaban J connectivity index is 2.50. The SMILES string of the molecule is CCCC(=O)N[C@H](C)c1ccncc1. The number of nitrogens with one attached hydrogen (secondary N) is 1. The van der Waals surface area contributed by atoms with E-state index in [1.54, 1.807) is 12.4 Å². The molecule has 14 heavy (non-hydrogen) atoms. The summed E-state index contributed by atoms with van der Waals surface area (Å²) in [6.45, 7) is 3.97. The van der Waals surface area contributed by atoms with E-state index in [1.807, 2.05) is 26.0 Å². The molecule has 0 spiro atoms. The van der Waals surface area contributed by atoms with E-state index in [9.17, 15) is 4.79 Å². The summed E-state index contributed by atoms with van der Waals surface area (Å²) in [5.74, 6) is 0.108. The molecule has 1 aromatic rings. The normalized spacial score (nSPS) is 12.1. The van der Waals surface area contributed by atoms with Crippen molar-refractivity contribution < 1.29 is 4.79 Å². The van der Waals surface area contributed by atoms with Crippen molar-refractivity contribution in [1.29, 1.82) is 0 Å². The van der Waals surface area contributed by atoms with Gasteiger partial charge in [-0.15, -0.1) is 0 Å². The van der Waals surface area contributed by atoms with Crippen LogP contribution >= 0.6 is 0 Å². The predicted octanol–water partition coefficient (Wildman–Crippen LogP) is 2.06. The van der Waals surface area contributed by atoms with Gasteiger partial charge in [-0.1, -0.05) is 6.92 Å². The van der Waals surface area contributed by atoms with Crippen LogP contribution in [0.15, 0.2) is 24.5 Å². The van der Waals surface area contributed by atoms with E-state index >= 15 is 0 Å². The van der Waals surface area contributed by atoms with Gasteiger partial charge in [0.2, 0.25) is 5.91 Å². The maximum absolute atomic E-state index is 11.3. The summed E-state index contributed by atoms with van der Waals surface area (Å²) in [6, 6.07) is 3.89. The molecular weight excluding hydrogens is 176 g/mol. The molecule has 0 saturated carbocycles. The first-order valence-corrected chi connectivity index (χ1v) is 4.93. The summed E-state index contributed by atoms with van der Waals surface area (Å²) in [5, 5.41) is 2.93. The fourth-order valence-electron chi connectivity index (χ4n) is 1.28. The highest BCUT2D eigenvalue weighted by Gasteiger charge is 2.07. The Morgan fingerprint density at radius 3 is 2.71 bits per heavy atom. The third-order valence-corrected chi connectivity index (χ3v) is 2.06. The minimum absolute atomic E-state index is 0.0667. The van der Waals surface area contributed by atoms with E-state index < -0.39 is 0 Å². The zero-order valence-electron chi connectivity index (χ0n) is 8.66. The van der Waals surface area contributed by atoms with Crippen LogP contribution in [-0.2, 0) is 4.79 Å². The van der Waals surface area contributed by atoms with E-state index in [4.69, 9.17) is 0 Å². The first-order chi connectivity index (χ1) is 6.74. The van der Waals surface area contributed by atoms with Gasteiger partial charge in [0, 0.05) is 18.8 Å². The zero-order valence-corrected chi connectivity index (χ0v) is 8.66. The molecule has 0 radical (unpaired) electrons. The second kappa shape index (κ2) is 5.37. The summed E-state index contributed by atoms with van der Waals surface area (Å²) >= 11 is 0. The molecule has 1 aromatic heterocycles. The van der Waals surface area contributed by atoms with Crippen molar-refractivity contribution in [1.82, 2.24) is 10.3 Å². The van der Waals surface area contributed by atoms with Crippen molar-refractivity contribution in [2.45, 2.75) is 32.7 Å². The molecule has 1 heterocycles. The highest BCUT2D eigenvalue weighted by Crippen LogP contribution is 2.10. The summed E-state index contributed by atoms with van der Waals surface area (Å²) in [5.41, 5.74) is 1.09. The molecule has 3 heteroatoms. The number of rotatable bonds is 4. The lowest BCUT2D eigenvalue weighted by Gasteiger charge is -2.13. The lowest BCUT2D eigenvalue weighted by molar-refractivity contribution is -0.121. The average Bonchev–Trinajstić information content (AvgIpc) is 2.19. The number of carbonyl (C=O) groups excluding carboxylic acids is 1. The number of carbonyl (C=O) groups is 1. The van der Waals surface area contributed by atoms with Crippen LogP contribution in [-0.4, -0.2) is 10.9 Å². The number of nitrogens with zero attached hydrogens (tertiary/aromatic N) is 1. The van der Waals surface area contributed by atoms with Crippen LogP contribution in [0.3, 0.4) is 0 Å². The average molecular weight is 192 g/mol. The molecule has 0 saturated heterocycles. The molecule has 0 aromatic carbocycles. The predicted molar refractivity (Wildman–Crippen MR) is 55.7 cm³/mol. The third-order valence-electron chi connectivity index (χ3n) is 2.06. The van der Waals surface area contributed by atoms with Crippen LogP contribution in [0.5, 0.6) is 0 Å². The van der Waals surface area contributed by atoms with Gasteiger partial charge in [-0.2, -0.15) is 0 Å². The monoisotopic (exact) mass is 192 g/mol. The van der Waals surface area contributed by atoms with Crippen molar-refractivity contribution in [3.8, 4) is 0 Å². The van der Waals surface area contributed by atoms with Gasteiger partial charge >= 0.3 is 0 Å². The van der Waals surface area contributed by atoms with Gasteiger partial charge in [-0.05, 0) is 31.0 Å². The van der Waals surface area contributed by atoms with Crippen LogP contribution in [0, 0.1) is 0 Å². The van der Waals surface area contributed by atoms with Crippen molar-refractivity contribution in [3.63, 3.8) is 0 Å². The fraction of sp³-hybridized carbons (Fsp3) is 0.455. The van der Waals surface area contributed by atoms with Gasteiger partial charge < -0.3 is 5.32 Å². The Morgan fingerprint density at radius 1 is 1.50 bits per heavy atom. The second-order valence-electron chi connectivity index (χ2n) is 3.32. The molecule has 1 amide bonds. The number of pyridine rings is 1. The summed E-state index contributed by atoms with van der Waals surface area (Å²) in [7, 11) is 0. The Labute approximate surface area is 84.6 Å². The van der Waals surface area contributed by atoms with E-state index in [0.29, 0.717) is 6.42 Å². The minimum Gasteiger partial charge on any atom is -0.350 e. The zero-order chi connectivity index (χ0) is 10.4. The van der Waals surface area contributed by atoms with Crippen LogP contribution in [0.25, 0.3) is 0 Å². The largest absolute Gasteiger partial charge is 0.350 e. The number of hydrogen-bond acceptors (Lipinski definition) is 2. The molecule has 3 nitrogen and oxygen atoms in total. The van der Waals surface area contributed by atoms with E-state index in [1.165, 1.54) is 0 Å². The molecule has 1 N–H and O–H groups in total. The third kappa shape index (κ3) is 3.17. The van der Waals surface area contributed by atoms with Gasteiger partial charge in [-0.25, -0.2) is 0 Å². The van der Waals surface area contributed by atoms with Crippen LogP contribution < -0.4 is 5.32 Å². The van der Waals surface area contributed by atoms with Gasteiger partial charge in [-0.3, -0.25) is 9.78 Å². The van der Waals surface area contributed by atoms with Gasteiger partial charge in [0.05, 0.1) is 6.04 Å². The van der Waals surface area contributed by atoms with Gasteiger partial charge in [0.15, 0.2) is 0 Å². The maximum atomic E-state index is 11.3. The Bertz CT molecular complexity index is 285. The molecule has 1 rings (SSSR count). The molecule has 76 valence electrons. The number of hydrogen-bond donors (Lipinski definition) is 1. The van der Waals surface area contributed by atoms with Crippen molar-refractivity contribution in [2.75, 3.05) is 0 Å². The quantitative estimate of drug-likeness (QED) is 0.793. The fourth-order valence-corrected chi connectivity index (χ4v) is 1.28. The summed E-state index contributed by atoms with van der Waals surface area (Å²) in [6.07, 6.45) is 4.94. The summed E-state index contributed by atoms with van der Waals surface area (Å²) in [4.78, 5) is 15.2. The Hall–Kier alpha value is -1.38. The number of aromatic nitrogens is 1. The van der Waals surface area contributed by atoms with Crippen molar-refractivity contribution >= 4 is 5.91 Å². The summed E-state index contributed by atoms with van der Waals surface area (Å²) < 4.78 is 0. The van der Waals surface area contributed by atoms with Crippen LogP contribution in [0.2, 0.25) is 0 Å². The lowest BCUT2D eigenvalue weighted by Crippen LogP contribution is -2.26. The molecule has 1 atom stereocenters. The lowest BCUT2D eigenvalue weighted by atomic mass is 10.1. The molecular formula is C11H16N2O. The number of amides is 1. The second-order valence-corrected chi connectivity index (χ2v) is 3.32. The first kappa shape index (κ1) is 10.7. The van der Waals surface area contributed by atoms with E-state index in [-0.39, 0.29) is 11.9 Å². The van der Waals surface area contributed by atoms with Crippen LogP contribution in [0.4, 0.5) is 0 Å². The molecule has 0 unspecified atom stereocenters. The van der Waals surface area contributed by atoms with E-state index in [0.717, 1.165) is 12.0 Å². The molecule has 0 aliphatic carbocycles. The Kier molecular flexibility index (Phi) is 4.11. The minimum atomic E-state index is 0.0667. The van der Waals surface area contributed by atoms with Crippen LogP contribution in [0.1, 0.15) is 38.3 Å². The van der Waals surface area contributed by atoms with Gasteiger partial charge in [0.1, 0.15) is 0 Å². The van der Waals surface area contributed by atoms with Gasteiger partial charge in [0.25, 0.3) is 0 Å². The smallest absolute Gasteiger partial charge is 0.220 e. The van der Waals surface area contributed by atoms with E-state index in [2.05, 4.69) is 10.3 Å². The van der Waals surface area contributed by atoms with Crippen molar-refractivity contribution in [2.24, 2.45) is 0 Å². The Morgan fingerprint density at radius 2 is 2.14 bits per heavy atom. The molecule has 0 fully saturated rings. The standard InChI is InChI=1S/C11H16N2O/c1-3-4-11(14)13-9(2)10-5-7-12-8-6-10/h5-9H,3-4H2,1-2H3,(H,13,14)/t9-/m1/s1. The molecule has 0 bridgehead atoms. The molecule has 0 aliphatic rings. The highest BCUT2D eigenvalue weighted by molar-refractivity contribution is 5.76. The van der Waals surface area contributed by atoms with Crippen molar-refractivity contribution in [3.05, 3.63) is 30.1 Å². The highest BCUT2D eigenvalue weighted by atomic mass is 16.1. The topological polar surface area (TPSA) is 42.0 Å². The molecule has 0 aliphatic heterocycles. The maximum Gasteiger partial charge on any atom is 0.220 e.